The van der Waals surface area contributed by atoms with E-state index in [1.807, 2.05) is 6.20 Å². The number of ether oxygens (including phenoxy) is 1. The van der Waals surface area contributed by atoms with Crippen LogP contribution in [0.1, 0.15) is 57.0 Å². The number of rotatable bonds is 6. The Labute approximate surface area is 119 Å². The molecule has 1 aromatic heterocycles. The zero-order chi connectivity index (χ0) is 13.3. The maximum absolute atomic E-state index is 5.92. The summed E-state index contributed by atoms with van der Waals surface area (Å²) in [4.78, 5) is 4.47. The highest BCUT2D eigenvalue weighted by Gasteiger charge is 2.59. The Kier molecular flexibility index (Phi) is 3.92. The molecule has 4 heteroatoms. The maximum Gasteiger partial charge on any atom is 0.109 e. The molecule has 19 heavy (non-hydrogen) atoms. The van der Waals surface area contributed by atoms with E-state index in [0.29, 0.717) is 23.6 Å². The second-order valence-corrected chi connectivity index (χ2v) is 6.74. The normalized spacial score (nSPS) is 29.8. The van der Waals surface area contributed by atoms with Gasteiger partial charge in [-0.3, -0.25) is 0 Å². The molecule has 1 aromatic rings. The Morgan fingerprint density at radius 2 is 2.37 bits per heavy atom. The number of aromatic nitrogens is 1. The number of hydrogen-bond donors (Lipinski definition) is 1. The van der Waals surface area contributed by atoms with E-state index < -0.39 is 0 Å². The van der Waals surface area contributed by atoms with Gasteiger partial charge >= 0.3 is 0 Å². The summed E-state index contributed by atoms with van der Waals surface area (Å²) in [5.74, 6) is 0. The predicted octanol–water partition coefficient (Wildman–Crippen LogP) is 3.53. The molecule has 0 saturated heterocycles. The van der Waals surface area contributed by atoms with Crippen LogP contribution in [0.2, 0.25) is 0 Å². The van der Waals surface area contributed by atoms with Crippen LogP contribution in [-0.2, 0) is 4.74 Å². The molecule has 2 aliphatic carbocycles. The minimum Gasteiger partial charge on any atom is -0.378 e. The molecular weight excluding hydrogens is 256 g/mol. The van der Waals surface area contributed by atoms with Gasteiger partial charge in [-0.05, 0) is 32.6 Å². The summed E-state index contributed by atoms with van der Waals surface area (Å²) in [5, 5.41) is 7.16. The van der Waals surface area contributed by atoms with Gasteiger partial charge in [0.05, 0.1) is 12.1 Å². The average molecular weight is 280 g/mol. The van der Waals surface area contributed by atoms with Crippen molar-refractivity contribution >= 4 is 11.3 Å². The van der Waals surface area contributed by atoms with Crippen LogP contribution in [0.3, 0.4) is 0 Å². The Balaban J connectivity index is 1.64. The van der Waals surface area contributed by atoms with Crippen molar-refractivity contribution in [2.45, 2.75) is 64.1 Å². The molecule has 3 rings (SSSR count). The topological polar surface area (TPSA) is 34.1 Å². The van der Waals surface area contributed by atoms with Crippen molar-refractivity contribution in [1.82, 2.24) is 10.3 Å². The third-order valence-corrected chi connectivity index (χ3v) is 5.89. The van der Waals surface area contributed by atoms with Gasteiger partial charge in [0.15, 0.2) is 0 Å². The van der Waals surface area contributed by atoms with Crippen molar-refractivity contribution in [1.29, 1.82) is 0 Å². The summed E-state index contributed by atoms with van der Waals surface area (Å²) in [6.45, 7) is 5.20. The summed E-state index contributed by atoms with van der Waals surface area (Å²) < 4.78 is 5.92. The highest BCUT2D eigenvalue weighted by atomic mass is 32.1. The lowest BCUT2D eigenvalue weighted by Crippen LogP contribution is -2.67. The minimum atomic E-state index is 0.421. The Hall–Kier alpha value is -0.450. The molecule has 2 saturated carbocycles. The lowest BCUT2D eigenvalue weighted by atomic mass is 9.51. The summed E-state index contributed by atoms with van der Waals surface area (Å²) in [6.07, 6.45) is 8.74. The number of nitrogens with one attached hydrogen (secondary N) is 1. The minimum absolute atomic E-state index is 0.421. The van der Waals surface area contributed by atoms with Gasteiger partial charge in [-0.2, -0.15) is 0 Å². The third kappa shape index (κ3) is 2.24. The van der Waals surface area contributed by atoms with Crippen LogP contribution >= 0.6 is 11.3 Å². The maximum atomic E-state index is 5.92. The van der Waals surface area contributed by atoms with Gasteiger partial charge in [-0.15, -0.1) is 11.3 Å². The second kappa shape index (κ2) is 5.51. The summed E-state index contributed by atoms with van der Waals surface area (Å²) >= 11 is 1.76. The largest absolute Gasteiger partial charge is 0.378 e. The summed E-state index contributed by atoms with van der Waals surface area (Å²) in [6, 6.07) is 1.05. The van der Waals surface area contributed by atoms with Crippen molar-refractivity contribution < 1.29 is 4.74 Å². The van der Waals surface area contributed by atoms with Crippen LogP contribution in [0, 0.1) is 5.41 Å². The van der Waals surface area contributed by atoms with Crippen LogP contribution < -0.4 is 5.32 Å². The Morgan fingerprint density at radius 3 is 2.89 bits per heavy atom. The van der Waals surface area contributed by atoms with Gasteiger partial charge in [-0.25, -0.2) is 4.98 Å². The Morgan fingerprint density at radius 1 is 1.53 bits per heavy atom. The third-order valence-electron chi connectivity index (χ3n) is 5.00. The van der Waals surface area contributed by atoms with Gasteiger partial charge < -0.3 is 10.1 Å². The summed E-state index contributed by atoms with van der Waals surface area (Å²) in [5.41, 5.74) is 0.445. The van der Waals surface area contributed by atoms with Crippen LogP contribution in [0.4, 0.5) is 0 Å². The standard InChI is InChI=1S/C15H24N2OS/c1-3-11(14-16-8-9-19-14)17-12-10-13(18-4-2)15(12)6-5-7-15/h8-9,11-13,17H,3-7,10H2,1-2H3. The van der Waals surface area contributed by atoms with E-state index in [1.54, 1.807) is 11.3 Å². The van der Waals surface area contributed by atoms with Crippen molar-refractivity contribution in [2.24, 2.45) is 5.41 Å². The molecule has 106 valence electrons. The molecule has 0 aromatic carbocycles. The fourth-order valence-corrected chi connectivity index (χ4v) is 4.47. The van der Waals surface area contributed by atoms with E-state index in [9.17, 15) is 0 Å². The monoisotopic (exact) mass is 280 g/mol. The number of hydrogen-bond acceptors (Lipinski definition) is 4. The lowest BCUT2D eigenvalue weighted by molar-refractivity contribution is -0.175. The predicted molar refractivity (Wildman–Crippen MR) is 78.4 cm³/mol. The molecule has 3 atom stereocenters. The first-order chi connectivity index (χ1) is 9.30. The van der Waals surface area contributed by atoms with E-state index in [0.717, 1.165) is 13.0 Å². The molecule has 0 amide bonds. The van der Waals surface area contributed by atoms with Crippen LogP contribution in [0.15, 0.2) is 11.6 Å². The quantitative estimate of drug-likeness (QED) is 0.865. The van der Waals surface area contributed by atoms with E-state index in [1.165, 1.54) is 30.7 Å². The fourth-order valence-electron chi connectivity index (χ4n) is 3.69. The number of nitrogens with zero attached hydrogens (tertiary/aromatic N) is 1. The molecular formula is C15H24N2OS. The molecule has 2 fully saturated rings. The van der Waals surface area contributed by atoms with Gasteiger partial charge in [0.2, 0.25) is 0 Å². The van der Waals surface area contributed by atoms with Crippen LogP contribution in [-0.4, -0.2) is 23.7 Å². The van der Waals surface area contributed by atoms with Crippen LogP contribution in [0.25, 0.3) is 0 Å². The molecule has 0 aliphatic heterocycles. The molecule has 3 nitrogen and oxygen atoms in total. The first-order valence-corrected chi connectivity index (χ1v) is 8.45. The van der Waals surface area contributed by atoms with E-state index in [2.05, 4.69) is 29.5 Å². The zero-order valence-electron chi connectivity index (χ0n) is 11.9. The SMILES string of the molecule is CCOC1CC(NC(CC)c2nccs2)C12CCC2. The molecule has 0 radical (unpaired) electrons. The first-order valence-electron chi connectivity index (χ1n) is 7.57. The molecule has 2 aliphatic rings. The van der Waals surface area contributed by atoms with Gasteiger partial charge in [-0.1, -0.05) is 13.3 Å². The second-order valence-electron chi connectivity index (χ2n) is 5.82. The molecule has 0 bridgehead atoms. The zero-order valence-corrected chi connectivity index (χ0v) is 12.7. The molecule has 1 spiro atoms. The smallest absolute Gasteiger partial charge is 0.109 e. The van der Waals surface area contributed by atoms with Crippen molar-refractivity contribution in [3.63, 3.8) is 0 Å². The molecule has 1 heterocycles. The first kappa shape index (κ1) is 13.5. The highest BCUT2D eigenvalue weighted by Crippen LogP contribution is 2.57. The van der Waals surface area contributed by atoms with Gasteiger partial charge in [0.25, 0.3) is 0 Å². The van der Waals surface area contributed by atoms with Crippen molar-refractivity contribution in [3.8, 4) is 0 Å². The van der Waals surface area contributed by atoms with E-state index in [4.69, 9.17) is 4.74 Å². The molecule has 1 N–H and O–H groups in total. The van der Waals surface area contributed by atoms with E-state index >= 15 is 0 Å². The van der Waals surface area contributed by atoms with Crippen molar-refractivity contribution in [2.75, 3.05) is 6.61 Å². The van der Waals surface area contributed by atoms with Crippen molar-refractivity contribution in [3.05, 3.63) is 16.6 Å². The van der Waals surface area contributed by atoms with Gasteiger partial charge in [0, 0.05) is 29.6 Å². The highest BCUT2D eigenvalue weighted by molar-refractivity contribution is 7.09. The average Bonchev–Trinajstić information content (AvgIpc) is 2.84. The summed E-state index contributed by atoms with van der Waals surface area (Å²) in [7, 11) is 0. The fraction of sp³-hybridized carbons (Fsp3) is 0.800. The number of thiazole rings is 1. The van der Waals surface area contributed by atoms with Crippen LogP contribution in [0.5, 0.6) is 0 Å². The van der Waals surface area contributed by atoms with E-state index in [-0.39, 0.29) is 0 Å². The lowest BCUT2D eigenvalue weighted by Gasteiger charge is -2.61. The van der Waals surface area contributed by atoms with Gasteiger partial charge in [0.1, 0.15) is 5.01 Å². The molecule has 3 unspecified atom stereocenters. The Bertz CT molecular complexity index is 402.